The van der Waals surface area contributed by atoms with Gasteiger partial charge >= 0.3 is 18.2 Å². The number of carboxylic acid groups (broad SMARTS) is 1. The van der Waals surface area contributed by atoms with Gasteiger partial charge in [-0.1, -0.05) is 51.1 Å². The highest BCUT2D eigenvalue weighted by atomic mass is 19.4. The first kappa shape index (κ1) is 27.2. The number of hydrogen-bond acceptors (Lipinski definition) is 6. The third-order valence-corrected chi connectivity index (χ3v) is 6.05. The van der Waals surface area contributed by atoms with Crippen LogP contribution in [0.1, 0.15) is 57.6 Å². The van der Waals surface area contributed by atoms with Crippen LogP contribution in [0.4, 0.5) is 23.9 Å². The van der Waals surface area contributed by atoms with Gasteiger partial charge in [0.1, 0.15) is 11.7 Å². The number of alkyl halides is 3. The van der Waals surface area contributed by atoms with E-state index in [1.54, 1.807) is 44.2 Å². The highest BCUT2D eigenvalue weighted by Crippen LogP contribution is 2.49. The van der Waals surface area contributed by atoms with Crippen LogP contribution in [0.25, 0.3) is 0 Å². The van der Waals surface area contributed by atoms with Gasteiger partial charge in [0.05, 0.1) is 18.2 Å². The van der Waals surface area contributed by atoms with E-state index in [1.165, 1.54) is 11.8 Å². The monoisotopic (exact) mass is 508 g/mol. The molecule has 0 radical (unpaired) electrons. The predicted octanol–water partition coefficient (Wildman–Crippen LogP) is 5.30. The number of benzene rings is 1. The van der Waals surface area contributed by atoms with Gasteiger partial charge in [0.25, 0.3) is 0 Å². The molecule has 1 aromatic carbocycles. The molecule has 0 unspecified atom stereocenters. The fourth-order valence-corrected chi connectivity index (χ4v) is 4.80. The van der Waals surface area contributed by atoms with E-state index < -0.39 is 59.5 Å². The summed E-state index contributed by atoms with van der Waals surface area (Å²) in [6.07, 6.45) is -6.04. The van der Waals surface area contributed by atoms with Crippen molar-refractivity contribution in [1.82, 2.24) is 14.9 Å². The molecule has 1 saturated heterocycles. The summed E-state index contributed by atoms with van der Waals surface area (Å²) < 4.78 is 45.8. The Balaban J connectivity index is 2.23. The molecule has 1 amide bonds. The normalized spacial score (nSPS) is 22.6. The number of aromatic nitrogens is 2. The summed E-state index contributed by atoms with van der Waals surface area (Å²) in [5.74, 6) is -2.30. The number of nitrogens with zero attached hydrogens (tertiary/aromatic N) is 3. The zero-order valence-electron chi connectivity index (χ0n) is 21.0. The summed E-state index contributed by atoms with van der Waals surface area (Å²) in [6, 6.07) is 6.49. The number of carboxylic acids is 1. The predicted molar refractivity (Wildman–Crippen MR) is 126 cm³/mol. The maximum absolute atomic E-state index is 13.5. The molecule has 1 aliphatic rings. The van der Waals surface area contributed by atoms with Crippen molar-refractivity contribution in [1.29, 1.82) is 0 Å². The smallest absolute Gasteiger partial charge is 0.433 e. The number of ether oxygens (including phenoxy) is 1. The standard InChI is InChI=1S/C25H31F3N4O4/c1-13(2)36-23(35)32-19(15-10-8-7-9-11-15)18(17(24(4,5)6)20(32)21(33)34)31-22-29-14(3)12-16(30-22)25(26,27)28/h7-13,17-20H,1-6H3,(H,33,34)(H,29,30,31)/t17-,18-,19-,20-/m1/s1. The average Bonchev–Trinajstić information content (AvgIpc) is 3.08. The van der Waals surface area contributed by atoms with E-state index in [0.717, 1.165) is 6.07 Å². The molecule has 0 aliphatic carbocycles. The van der Waals surface area contributed by atoms with Crippen molar-refractivity contribution in [3.63, 3.8) is 0 Å². The molecule has 196 valence electrons. The quantitative estimate of drug-likeness (QED) is 0.565. The topological polar surface area (TPSA) is 105 Å². The van der Waals surface area contributed by atoms with Crippen LogP contribution in [0.3, 0.4) is 0 Å². The maximum atomic E-state index is 13.5. The van der Waals surface area contributed by atoms with Crippen LogP contribution in [0.5, 0.6) is 0 Å². The molecule has 1 aliphatic heterocycles. The number of carbonyl (C=O) groups excluding carboxylic acids is 1. The number of rotatable bonds is 5. The van der Waals surface area contributed by atoms with Gasteiger partial charge in [0.2, 0.25) is 5.95 Å². The number of carbonyl (C=O) groups is 2. The summed E-state index contributed by atoms with van der Waals surface area (Å²) in [5.41, 5.74) is -1.13. The first-order valence-electron chi connectivity index (χ1n) is 11.6. The lowest BCUT2D eigenvalue weighted by Gasteiger charge is -2.35. The minimum Gasteiger partial charge on any atom is -0.480 e. The molecule has 2 aromatic rings. The fraction of sp³-hybridized carbons (Fsp3) is 0.520. The van der Waals surface area contributed by atoms with Gasteiger partial charge in [-0.25, -0.2) is 19.6 Å². The van der Waals surface area contributed by atoms with Crippen molar-refractivity contribution in [3.8, 4) is 0 Å². The lowest BCUT2D eigenvalue weighted by molar-refractivity contribution is -0.145. The molecule has 0 spiro atoms. The van der Waals surface area contributed by atoms with Crippen LogP contribution < -0.4 is 5.32 Å². The Bertz CT molecular complexity index is 1100. The molecule has 2 N–H and O–H groups in total. The van der Waals surface area contributed by atoms with Crippen LogP contribution in [-0.2, 0) is 15.7 Å². The first-order valence-corrected chi connectivity index (χ1v) is 11.6. The minimum absolute atomic E-state index is 0.0900. The number of likely N-dealkylation sites (tertiary alicyclic amines) is 1. The number of aryl methyl sites for hydroxylation is 1. The number of anilines is 1. The molecule has 0 saturated carbocycles. The lowest BCUT2D eigenvalue weighted by Crippen LogP contribution is -2.48. The van der Waals surface area contributed by atoms with Crippen LogP contribution in [0, 0.1) is 18.3 Å². The van der Waals surface area contributed by atoms with Crippen molar-refractivity contribution in [3.05, 3.63) is 53.3 Å². The summed E-state index contributed by atoms with van der Waals surface area (Å²) in [6.45, 7) is 10.2. The summed E-state index contributed by atoms with van der Waals surface area (Å²) in [5, 5.41) is 13.3. The third-order valence-electron chi connectivity index (χ3n) is 6.05. The number of aliphatic carboxylic acids is 1. The van der Waals surface area contributed by atoms with Crippen molar-refractivity contribution in [2.75, 3.05) is 5.32 Å². The number of nitrogens with one attached hydrogen (secondary N) is 1. The molecular formula is C25H31F3N4O4. The van der Waals surface area contributed by atoms with Crippen molar-refractivity contribution < 1.29 is 32.6 Å². The molecule has 2 heterocycles. The van der Waals surface area contributed by atoms with Crippen LogP contribution in [0.2, 0.25) is 0 Å². The maximum Gasteiger partial charge on any atom is 0.433 e. The molecule has 1 aromatic heterocycles. The van der Waals surface area contributed by atoms with Crippen LogP contribution >= 0.6 is 0 Å². The Kier molecular flexibility index (Phi) is 7.52. The zero-order valence-corrected chi connectivity index (χ0v) is 21.0. The largest absolute Gasteiger partial charge is 0.480 e. The first-order chi connectivity index (χ1) is 16.6. The van der Waals surface area contributed by atoms with Gasteiger partial charge in [0, 0.05) is 11.6 Å². The van der Waals surface area contributed by atoms with Crippen LogP contribution in [-0.4, -0.2) is 50.2 Å². The summed E-state index contributed by atoms with van der Waals surface area (Å²) >= 11 is 0. The van der Waals surface area contributed by atoms with Gasteiger partial charge in [-0.3, -0.25) is 4.90 Å². The minimum atomic E-state index is -4.70. The average molecular weight is 509 g/mol. The highest BCUT2D eigenvalue weighted by molar-refractivity contribution is 5.82. The van der Waals surface area contributed by atoms with E-state index in [9.17, 15) is 27.9 Å². The van der Waals surface area contributed by atoms with Gasteiger partial charge in [-0.05, 0) is 37.8 Å². The Labute approximate surface area is 207 Å². The molecule has 4 atom stereocenters. The van der Waals surface area contributed by atoms with Gasteiger partial charge in [0.15, 0.2) is 0 Å². The van der Waals surface area contributed by atoms with Gasteiger partial charge in [-0.2, -0.15) is 13.2 Å². The van der Waals surface area contributed by atoms with Crippen molar-refractivity contribution in [2.45, 2.75) is 71.9 Å². The second kappa shape index (κ2) is 9.94. The second-order valence-electron chi connectivity index (χ2n) is 10.3. The van der Waals surface area contributed by atoms with Crippen molar-refractivity contribution in [2.24, 2.45) is 11.3 Å². The Hall–Kier alpha value is -3.37. The Morgan fingerprint density at radius 2 is 1.72 bits per heavy atom. The summed E-state index contributed by atoms with van der Waals surface area (Å²) in [7, 11) is 0. The second-order valence-corrected chi connectivity index (χ2v) is 10.3. The number of halogens is 3. The number of hydrogen-bond donors (Lipinski definition) is 2. The van der Waals surface area contributed by atoms with E-state index in [0.29, 0.717) is 5.56 Å². The SMILES string of the molecule is Cc1cc(C(F)(F)F)nc(N[C@@H]2[C@@H](C(C)(C)C)[C@H](C(=O)O)N(C(=O)OC(C)C)[C@@H]2c2ccccc2)n1. The van der Waals surface area contributed by atoms with E-state index in [2.05, 4.69) is 15.3 Å². The van der Waals surface area contributed by atoms with E-state index in [1.807, 2.05) is 20.8 Å². The Morgan fingerprint density at radius 3 is 2.22 bits per heavy atom. The molecule has 3 rings (SSSR count). The zero-order chi connectivity index (χ0) is 27.0. The Morgan fingerprint density at radius 1 is 1.11 bits per heavy atom. The molecule has 1 fully saturated rings. The highest BCUT2D eigenvalue weighted by Gasteiger charge is 2.59. The van der Waals surface area contributed by atoms with Gasteiger partial charge < -0.3 is 15.2 Å². The fourth-order valence-electron chi connectivity index (χ4n) is 4.80. The summed E-state index contributed by atoms with van der Waals surface area (Å²) in [4.78, 5) is 34.9. The molecule has 36 heavy (non-hydrogen) atoms. The van der Waals surface area contributed by atoms with Gasteiger partial charge in [-0.15, -0.1) is 0 Å². The van der Waals surface area contributed by atoms with E-state index in [4.69, 9.17) is 4.74 Å². The molecule has 11 heteroatoms. The van der Waals surface area contributed by atoms with E-state index in [-0.39, 0.29) is 11.6 Å². The molecular weight excluding hydrogens is 477 g/mol. The van der Waals surface area contributed by atoms with E-state index >= 15 is 0 Å². The lowest BCUT2D eigenvalue weighted by atomic mass is 9.72. The van der Waals surface area contributed by atoms with Crippen LogP contribution in [0.15, 0.2) is 36.4 Å². The number of amides is 1. The molecule has 0 bridgehead atoms. The third kappa shape index (κ3) is 5.71. The van der Waals surface area contributed by atoms with Crippen molar-refractivity contribution >= 4 is 18.0 Å². The molecule has 8 nitrogen and oxygen atoms in total.